The summed E-state index contributed by atoms with van der Waals surface area (Å²) in [4.78, 5) is 23.0. The normalized spacial score (nSPS) is 11.2. The van der Waals surface area contributed by atoms with Gasteiger partial charge in [-0.3, -0.25) is 4.79 Å². The lowest BCUT2D eigenvalue weighted by molar-refractivity contribution is -0.128. The van der Waals surface area contributed by atoms with E-state index in [1.165, 1.54) is 0 Å². The first-order valence-corrected chi connectivity index (χ1v) is 6.25. The van der Waals surface area contributed by atoms with Gasteiger partial charge in [0.25, 0.3) is 0 Å². The van der Waals surface area contributed by atoms with Crippen LogP contribution in [0.2, 0.25) is 0 Å². The average molecular weight is 263 g/mol. The number of benzene rings is 1. The van der Waals surface area contributed by atoms with E-state index in [2.05, 4.69) is 5.32 Å². The minimum Gasteiger partial charge on any atom is -0.478 e. The van der Waals surface area contributed by atoms with E-state index in [1.807, 2.05) is 26.8 Å². The second-order valence-electron chi connectivity index (χ2n) is 5.78. The number of hydrogen-bond donors (Lipinski definition) is 2. The zero-order chi connectivity index (χ0) is 14.8. The van der Waals surface area contributed by atoms with E-state index in [1.54, 1.807) is 19.9 Å². The molecule has 0 aromatic heterocycles. The van der Waals surface area contributed by atoms with E-state index in [4.69, 9.17) is 0 Å². The average Bonchev–Trinajstić information content (AvgIpc) is 2.25. The quantitative estimate of drug-likeness (QED) is 0.881. The van der Waals surface area contributed by atoms with Gasteiger partial charge < -0.3 is 10.4 Å². The molecule has 1 amide bonds. The highest BCUT2D eigenvalue weighted by molar-refractivity contribution is 5.91. The van der Waals surface area contributed by atoms with E-state index in [0.29, 0.717) is 17.7 Å². The number of nitrogens with one attached hydrogen (secondary N) is 1. The first kappa shape index (κ1) is 15.2. The number of rotatable bonds is 3. The third-order valence-electron chi connectivity index (χ3n) is 3.12. The Morgan fingerprint density at radius 3 is 2.26 bits per heavy atom. The van der Waals surface area contributed by atoms with Crippen LogP contribution in [0.25, 0.3) is 0 Å². The monoisotopic (exact) mass is 263 g/mol. The lowest BCUT2D eigenvalue weighted by Crippen LogP contribution is -2.34. The molecule has 0 aliphatic carbocycles. The molecule has 1 aromatic carbocycles. The standard InChI is InChI=1S/C15H21NO3/c1-9-6-7-11(10(2)12(9)13(17)18)8-16-14(19)15(3,4)5/h6-7H,8H2,1-5H3,(H,16,19)(H,17,18). The predicted molar refractivity (Wildman–Crippen MR) is 74.2 cm³/mol. The van der Waals surface area contributed by atoms with Gasteiger partial charge in [0.15, 0.2) is 0 Å². The third-order valence-corrected chi connectivity index (χ3v) is 3.12. The highest BCUT2D eigenvalue weighted by Gasteiger charge is 2.21. The molecule has 4 nitrogen and oxygen atoms in total. The van der Waals surface area contributed by atoms with Crippen molar-refractivity contribution in [2.24, 2.45) is 5.41 Å². The van der Waals surface area contributed by atoms with Crippen molar-refractivity contribution < 1.29 is 14.7 Å². The molecule has 0 fully saturated rings. The third kappa shape index (κ3) is 3.56. The number of carboxylic acids is 1. The maximum Gasteiger partial charge on any atom is 0.336 e. The first-order chi connectivity index (χ1) is 8.64. The highest BCUT2D eigenvalue weighted by Crippen LogP contribution is 2.19. The van der Waals surface area contributed by atoms with Crippen LogP contribution in [0.5, 0.6) is 0 Å². The van der Waals surface area contributed by atoms with Crippen LogP contribution in [-0.2, 0) is 11.3 Å². The van der Waals surface area contributed by atoms with E-state index < -0.39 is 11.4 Å². The van der Waals surface area contributed by atoms with Crippen molar-refractivity contribution in [1.82, 2.24) is 5.32 Å². The van der Waals surface area contributed by atoms with Crippen molar-refractivity contribution in [2.75, 3.05) is 0 Å². The van der Waals surface area contributed by atoms with Gasteiger partial charge in [0, 0.05) is 12.0 Å². The van der Waals surface area contributed by atoms with Crippen molar-refractivity contribution in [3.63, 3.8) is 0 Å². The fraction of sp³-hybridized carbons (Fsp3) is 0.467. The Balaban J connectivity index is 2.95. The van der Waals surface area contributed by atoms with Crippen molar-refractivity contribution in [2.45, 2.75) is 41.2 Å². The van der Waals surface area contributed by atoms with Crippen LogP contribution in [0.3, 0.4) is 0 Å². The molecule has 0 radical (unpaired) electrons. The summed E-state index contributed by atoms with van der Waals surface area (Å²) in [5, 5.41) is 12.0. The van der Waals surface area contributed by atoms with Gasteiger partial charge in [-0.05, 0) is 30.5 Å². The first-order valence-electron chi connectivity index (χ1n) is 6.25. The Bertz CT molecular complexity index is 513. The number of carbonyl (C=O) groups excluding carboxylic acids is 1. The fourth-order valence-electron chi connectivity index (χ4n) is 1.85. The van der Waals surface area contributed by atoms with Crippen LogP contribution in [0.4, 0.5) is 0 Å². The van der Waals surface area contributed by atoms with Crippen molar-refractivity contribution in [1.29, 1.82) is 0 Å². The second-order valence-corrected chi connectivity index (χ2v) is 5.78. The number of hydrogen-bond acceptors (Lipinski definition) is 2. The number of carbonyl (C=O) groups is 2. The van der Waals surface area contributed by atoms with Gasteiger partial charge in [-0.25, -0.2) is 4.79 Å². The van der Waals surface area contributed by atoms with Gasteiger partial charge in [0.1, 0.15) is 0 Å². The second kappa shape index (κ2) is 5.43. The molecule has 0 saturated carbocycles. The molecule has 19 heavy (non-hydrogen) atoms. The van der Waals surface area contributed by atoms with E-state index in [9.17, 15) is 14.7 Å². The Kier molecular flexibility index (Phi) is 4.35. The molecule has 0 atom stereocenters. The van der Waals surface area contributed by atoms with Crippen LogP contribution in [0.1, 0.15) is 47.8 Å². The Morgan fingerprint density at radius 2 is 1.79 bits per heavy atom. The maximum atomic E-state index is 11.8. The van der Waals surface area contributed by atoms with Gasteiger partial charge in [-0.2, -0.15) is 0 Å². The summed E-state index contributed by atoms with van der Waals surface area (Å²) in [6, 6.07) is 3.63. The molecule has 4 heteroatoms. The summed E-state index contributed by atoms with van der Waals surface area (Å²) in [6.07, 6.45) is 0. The number of amides is 1. The van der Waals surface area contributed by atoms with Gasteiger partial charge in [0.05, 0.1) is 5.56 Å². The largest absolute Gasteiger partial charge is 0.478 e. The summed E-state index contributed by atoms with van der Waals surface area (Å²) in [5.74, 6) is -0.983. The molecule has 0 saturated heterocycles. The highest BCUT2D eigenvalue weighted by atomic mass is 16.4. The summed E-state index contributed by atoms with van der Waals surface area (Å²) in [7, 11) is 0. The lowest BCUT2D eigenvalue weighted by Gasteiger charge is -2.19. The van der Waals surface area contributed by atoms with Gasteiger partial charge in [0.2, 0.25) is 5.91 Å². The Hall–Kier alpha value is -1.84. The van der Waals surface area contributed by atoms with Gasteiger partial charge in [-0.15, -0.1) is 0 Å². The van der Waals surface area contributed by atoms with Gasteiger partial charge >= 0.3 is 5.97 Å². The molecule has 104 valence electrons. The van der Waals surface area contributed by atoms with Crippen molar-refractivity contribution >= 4 is 11.9 Å². The number of carboxylic acid groups (broad SMARTS) is 1. The molecular formula is C15H21NO3. The van der Waals surface area contributed by atoms with Crippen molar-refractivity contribution in [3.05, 3.63) is 34.4 Å². The topological polar surface area (TPSA) is 66.4 Å². The molecule has 0 aliphatic rings. The van der Waals surface area contributed by atoms with Crippen LogP contribution < -0.4 is 5.32 Å². The zero-order valence-corrected chi connectivity index (χ0v) is 12.1. The van der Waals surface area contributed by atoms with Crippen LogP contribution in [0.15, 0.2) is 12.1 Å². The lowest BCUT2D eigenvalue weighted by atomic mass is 9.94. The smallest absolute Gasteiger partial charge is 0.336 e. The Morgan fingerprint density at radius 1 is 1.21 bits per heavy atom. The Labute approximate surface area is 113 Å². The predicted octanol–water partition coefficient (Wildman–Crippen LogP) is 2.66. The number of aromatic carboxylic acids is 1. The minimum absolute atomic E-state index is 0.0515. The summed E-state index contributed by atoms with van der Waals surface area (Å²) >= 11 is 0. The molecule has 0 unspecified atom stereocenters. The molecular weight excluding hydrogens is 242 g/mol. The van der Waals surface area contributed by atoms with E-state index in [-0.39, 0.29) is 5.91 Å². The molecule has 0 aliphatic heterocycles. The van der Waals surface area contributed by atoms with Crippen LogP contribution in [0, 0.1) is 19.3 Å². The number of aryl methyl sites for hydroxylation is 1. The summed E-state index contributed by atoms with van der Waals surface area (Å²) in [5.41, 5.74) is 2.15. The molecule has 0 spiro atoms. The van der Waals surface area contributed by atoms with E-state index >= 15 is 0 Å². The molecule has 2 N–H and O–H groups in total. The molecule has 1 aromatic rings. The zero-order valence-electron chi connectivity index (χ0n) is 12.1. The molecule has 0 bridgehead atoms. The summed E-state index contributed by atoms with van der Waals surface area (Å²) < 4.78 is 0. The van der Waals surface area contributed by atoms with E-state index in [0.717, 1.165) is 11.1 Å². The van der Waals surface area contributed by atoms with Crippen LogP contribution in [-0.4, -0.2) is 17.0 Å². The van der Waals surface area contributed by atoms with Crippen LogP contribution >= 0.6 is 0 Å². The molecule has 1 rings (SSSR count). The molecule has 0 heterocycles. The van der Waals surface area contributed by atoms with Crippen molar-refractivity contribution in [3.8, 4) is 0 Å². The fourth-order valence-corrected chi connectivity index (χ4v) is 1.85. The minimum atomic E-state index is -0.931. The SMILES string of the molecule is Cc1ccc(CNC(=O)C(C)(C)C)c(C)c1C(=O)O. The summed E-state index contributed by atoms with van der Waals surface area (Å²) in [6.45, 7) is 9.42. The maximum absolute atomic E-state index is 11.8. The van der Waals surface area contributed by atoms with Gasteiger partial charge in [-0.1, -0.05) is 32.9 Å².